The van der Waals surface area contributed by atoms with Crippen molar-refractivity contribution in [2.24, 2.45) is 0 Å². The molecule has 0 bridgehead atoms. The average molecular weight is 265 g/mol. The van der Waals surface area contributed by atoms with Gasteiger partial charge < -0.3 is 5.32 Å². The Bertz CT molecular complexity index is 348. The summed E-state index contributed by atoms with van der Waals surface area (Å²) in [6.45, 7) is 5.07. The lowest BCUT2D eigenvalue weighted by molar-refractivity contribution is -0.118. The number of carbonyl (C=O) groups excluding carboxylic acids is 1. The third-order valence-corrected chi connectivity index (χ3v) is 3.73. The Morgan fingerprint density at radius 1 is 1.22 bits per heavy atom. The molecule has 0 radical (unpaired) electrons. The number of rotatable bonds is 8. The molecule has 0 saturated heterocycles. The Kier molecular flexibility index (Phi) is 7.58. The summed E-state index contributed by atoms with van der Waals surface area (Å²) in [5.74, 6) is 1.62. The molecule has 1 rings (SSSR count). The molecule has 1 aromatic rings. The van der Waals surface area contributed by atoms with E-state index in [0.29, 0.717) is 5.75 Å². The summed E-state index contributed by atoms with van der Waals surface area (Å²) in [4.78, 5) is 11.5. The number of nitrogens with one attached hydrogen (secondary N) is 1. The van der Waals surface area contributed by atoms with Crippen LogP contribution >= 0.6 is 11.8 Å². The highest BCUT2D eigenvalue weighted by atomic mass is 32.2. The van der Waals surface area contributed by atoms with Crippen molar-refractivity contribution in [2.75, 3.05) is 12.3 Å². The Morgan fingerprint density at radius 3 is 2.61 bits per heavy atom. The quantitative estimate of drug-likeness (QED) is 0.728. The van der Waals surface area contributed by atoms with E-state index in [1.165, 1.54) is 24.0 Å². The van der Waals surface area contributed by atoms with Gasteiger partial charge in [0.2, 0.25) is 5.91 Å². The number of thioether (sulfide) groups is 1. The van der Waals surface area contributed by atoms with E-state index < -0.39 is 0 Å². The summed E-state index contributed by atoms with van der Waals surface area (Å²) in [5, 5.41) is 2.95. The second-order valence-corrected chi connectivity index (χ2v) is 5.52. The fourth-order valence-corrected chi connectivity index (χ4v) is 2.42. The lowest BCUT2D eigenvalue weighted by Gasteiger charge is -2.05. The minimum Gasteiger partial charge on any atom is -0.355 e. The van der Waals surface area contributed by atoms with Crippen LogP contribution in [0.2, 0.25) is 0 Å². The number of amides is 1. The highest BCUT2D eigenvalue weighted by Gasteiger charge is 2.01. The van der Waals surface area contributed by atoms with Crippen LogP contribution in [-0.2, 0) is 10.5 Å². The van der Waals surface area contributed by atoms with Crippen LogP contribution in [0.15, 0.2) is 24.3 Å². The van der Waals surface area contributed by atoms with Crippen LogP contribution in [0.3, 0.4) is 0 Å². The number of hydrogen-bond acceptors (Lipinski definition) is 2. The standard InChI is InChI=1S/C15H23NOS/c1-3-4-5-10-16-15(17)12-18-11-14-8-6-13(2)7-9-14/h6-9H,3-5,10-12H2,1-2H3,(H,16,17). The molecule has 0 aliphatic rings. The number of aryl methyl sites for hydroxylation is 1. The highest BCUT2D eigenvalue weighted by molar-refractivity contribution is 7.99. The molecule has 1 amide bonds. The molecule has 18 heavy (non-hydrogen) atoms. The molecule has 0 saturated carbocycles. The maximum absolute atomic E-state index is 11.5. The van der Waals surface area contributed by atoms with E-state index in [4.69, 9.17) is 0 Å². The third kappa shape index (κ3) is 6.70. The topological polar surface area (TPSA) is 29.1 Å². The van der Waals surface area contributed by atoms with E-state index in [-0.39, 0.29) is 5.91 Å². The van der Waals surface area contributed by atoms with Gasteiger partial charge in [-0.2, -0.15) is 0 Å². The van der Waals surface area contributed by atoms with Crippen LogP contribution in [0.25, 0.3) is 0 Å². The Hall–Kier alpha value is -0.960. The summed E-state index contributed by atoms with van der Waals surface area (Å²) in [6.07, 6.45) is 3.47. The first-order chi connectivity index (χ1) is 8.72. The molecule has 100 valence electrons. The first-order valence-electron chi connectivity index (χ1n) is 6.62. The van der Waals surface area contributed by atoms with Gasteiger partial charge in [0.05, 0.1) is 5.75 Å². The lowest BCUT2D eigenvalue weighted by atomic mass is 10.2. The number of benzene rings is 1. The molecule has 0 heterocycles. The second kappa shape index (κ2) is 9.03. The van der Waals surface area contributed by atoms with Gasteiger partial charge in [0.15, 0.2) is 0 Å². The zero-order valence-corrected chi connectivity index (χ0v) is 12.2. The molecule has 3 heteroatoms. The van der Waals surface area contributed by atoms with Gasteiger partial charge in [-0.25, -0.2) is 0 Å². The molecule has 0 spiro atoms. The first kappa shape index (κ1) is 15.1. The first-order valence-corrected chi connectivity index (χ1v) is 7.78. The second-order valence-electron chi connectivity index (χ2n) is 4.54. The van der Waals surface area contributed by atoms with Crippen LogP contribution in [-0.4, -0.2) is 18.2 Å². The monoisotopic (exact) mass is 265 g/mol. The Morgan fingerprint density at radius 2 is 1.94 bits per heavy atom. The van der Waals surface area contributed by atoms with Crippen LogP contribution in [0.1, 0.15) is 37.3 Å². The largest absolute Gasteiger partial charge is 0.355 e. The molecule has 0 aliphatic heterocycles. The van der Waals surface area contributed by atoms with E-state index in [9.17, 15) is 4.79 Å². The van der Waals surface area contributed by atoms with Crippen LogP contribution < -0.4 is 5.32 Å². The maximum atomic E-state index is 11.5. The van der Waals surface area contributed by atoms with Crippen molar-refractivity contribution in [1.82, 2.24) is 5.32 Å². The fraction of sp³-hybridized carbons (Fsp3) is 0.533. The van der Waals surface area contributed by atoms with E-state index >= 15 is 0 Å². The summed E-state index contributed by atoms with van der Waals surface area (Å²) in [6, 6.07) is 8.48. The van der Waals surface area contributed by atoms with Crippen molar-refractivity contribution >= 4 is 17.7 Å². The number of carbonyl (C=O) groups is 1. The van der Waals surface area contributed by atoms with Gasteiger partial charge in [-0.3, -0.25) is 4.79 Å². The van der Waals surface area contributed by atoms with Crippen molar-refractivity contribution in [3.8, 4) is 0 Å². The molecule has 1 aromatic carbocycles. The molecule has 0 atom stereocenters. The van der Waals surface area contributed by atoms with Gasteiger partial charge in [0, 0.05) is 12.3 Å². The van der Waals surface area contributed by atoms with Gasteiger partial charge in [-0.1, -0.05) is 49.6 Å². The van der Waals surface area contributed by atoms with E-state index in [1.807, 2.05) is 0 Å². The normalized spacial score (nSPS) is 10.3. The molecule has 0 unspecified atom stereocenters. The predicted octanol–water partition coefficient (Wildman–Crippen LogP) is 3.53. The molecule has 0 aliphatic carbocycles. The average Bonchev–Trinajstić information content (AvgIpc) is 2.37. The van der Waals surface area contributed by atoms with E-state index in [0.717, 1.165) is 18.7 Å². The molecule has 0 fully saturated rings. The van der Waals surface area contributed by atoms with Crippen molar-refractivity contribution in [1.29, 1.82) is 0 Å². The molecule has 2 nitrogen and oxygen atoms in total. The lowest BCUT2D eigenvalue weighted by Crippen LogP contribution is -2.26. The van der Waals surface area contributed by atoms with Gasteiger partial charge in [0.1, 0.15) is 0 Å². The molecule has 0 aromatic heterocycles. The summed E-state index contributed by atoms with van der Waals surface area (Å²) in [7, 11) is 0. The molecule has 1 N–H and O–H groups in total. The zero-order valence-electron chi connectivity index (χ0n) is 11.4. The predicted molar refractivity (Wildman–Crippen MR) is 79.9 cm³/mol. The van der Waals surface area contributed by atoms with Crippen molar-refractivity contribution in [2.45, 2.75) is 38.9 Å². The SMILES string of the molecule is CCCCCNC(=O)CSCc1ccc(C)cc1. The van der Waals surface area contributed by atoms with Gasteiger partial charge in [-0.15, -0.1) is 11.8 Å². The van der Waals surface area contributed by atoms with Gasteiger partial charge in [-0.05, 0) is 18.9 Å². The Balaban J connectivity index is 2.10. The third-order valence-electron chi connectivity index (χ3n) is 2.72. The smallest absolute Gasteiger partial charge is 0.230 e. The van der Waals surface area contributed by atoms with Gasteiger partial charge in [0.25, 0.3) is 0 Å². The minimum atomic E-state index is 0.156. The number of unbranched alkanes of at least 4 members (excludes halogenated alkanes) is 2. The summed E-state index contributed by atoms with van der Waals surface area (Å²) < 4.78 is 0. The zero-order chi connectivity index (χ0) is 13.2. The van der Waals surface area contributed by atoms with Crippen molar-refractivity contribution < 1.29 is 4.79 Å². The molecular weight excluding hydrogens is 242 g/mol. The van der Waals surface area contributed by atoms with Crippen LogP contribution in [0, 0.1) is 6.92 Å². The summed E-state index contributed by atoms with van der Waals surface area (Å²) in [5.41, 5.74) is 2.56. The van der Waals surface area contributed by atoms with Crippen molar-refractivity contribution in [3.63, 3.8) is 0 Å². The van der Waals surface area contributed by atoms with Crippen LogP contribution in [0.4, 0.5) is 0 Å². The van der Waals surface area contributed by atoms with Gasteiger partial charge >= 0.3 is 0 Å². The molecular formula is C15H23NOS. The van der Waals surface area contributed by atoms with Crippen molar-refractivity contribution in [3.05, 3.63) is 35.4 Å². The highest BCUT2D eigenvalue weighted by Crippen LogP contribution is 2.12. The Labute approximate surface area is 115 Å². The summed E-state index contributed by atoms with van der Waals surface area (Å²) >= 11 is 1.67. The van der Waals surface area contributed by atoms with E-state index in [1.54, 1.807) is 11.8 Å². The van der Waals surface area contributed by atoms with E-state index in [2.05, 4.69) is 43.4 Å². The minimum absolute atomic E-state index is 0.156. The maximum Gasteiger partial charge on any atom is 0.230 e. The number of hydrogen-bond donors (Lipinski definition) is 1. The fourth-order valence-electron chi connectivity index (χ4n) is 1.60. The van der Waals surface area contributed by atoms with Crippen LogP contribution in [0.5, 0.6) is 0 Å².